The van der Waals surface area contributed by atoms with Crippen molar-refractivity contribution in [3.8, 4) is 0 Å². The molecule has 0 aromatic heterocycles. The molecule has 0 spiro atoms. The fourth-order valence-corrected chi connectivity index (χ4v) is 0. The third kappa shape index (κ3) is 442. The maximum Gasteiger partial charge on any atom is 2.00 e. The van der Waals surface area contributed by atoms with Crippen LogP contribution in [0, 0.1) is 0 Å². The van der Waals surface area contributed by atoms with Crippen LogP contribution in [0.25, 0.3) is 0 Å². The molecule has 0 aromatic rings. The summed E-state index contributed by atoms with van der Waals surface area (Å²) in [4.78, 5) is 43.1. The molecule has 6 N–H and O–H groups in total. The van der Waals surface area contributed by atoms with Gasteiger partial charge in [-0.15, -0.1) is 0 Å². The first-order valence-corrected chi connectivity index (χ1v) is 4.70. The third-order valence-electron chi connectivity index (χ3n) is 0. The molecule has 72 valence electrons. The Morgan fingerprint density at radius 3 is 0.667 bits per heavy atom. The zero-order chi connectivity index (χ0) is 9.00. The molecular weight excluding hydrogens is 239 g/mol. The van der Waals surface area contributed by atoms with Crippen LogP contribution in [0.2, 0.25) is 0 Å². The van der Waals surface area contributed by atoms with Crippen molar-refractivity contribution in [1.82, 2.24) is 0 Å². The van der Waals surface area contributed by atoms with E-state index in [1.165, 1.54) is 0 Å². The van der Waals surface area contributed by atoms with Gasteiger partial charge in [0, 0.05) is 0 Å². The second-order valence-electron chi connectivity index (χ2n) is 1.03. The van der Waals surface area contributed by atoms with Gasteiger partial charge in [0.2, 0.25) is 0 Å². The SMILES string of the molecule is O=P(O)(O)O.O=P(O)(O)O.[H-].[H-].[H-].[H-].[Mg+2].[Mg+2]. The zero-order valence-corrected chi connectivity index (χ0v) is 10.4. The molecule has 0 heterocycles. The van der Waals surface area contributed by atoms with Crippen LogP contribution in [0.3, 0.4) is 0 Å². The Hall–Kier alpha value is 1.75. The predicted molar refractivity (Wildman–Crippen MR) is 44.5 cm³/mol. The van der Waals surface area contributed by atoms with Gasteiger partial charge < -0.3 is 35.1 Å². The molecule has 0 bridgehead atoms. The number of hydrogen-bond acceptors (Lipinski definition) is 2. The summed E-state index contributed by atoms with van der Waals surface area (Å²) in [6, 6.07) is 0. The molecular formula is H10Mg2O8P2. The molecule has 0 unspecified atom stereocenters. The Morgan fingerprint density at radius 2 is 0.667 bits per heavy atom. The molecule has 12 heteroatoms. The Balaban J connectivity index is -0.00000000970. The van der Waals surface area contributed by atoms with E-state index in [1.54, 1.807) is 0 Å². The second kappa shape index (κ2) is 9.31. The summed E-state index contributed by atoms with van der Waals surface area (Å²) in [6.07, 6.45) is 0. The molecule has 0 aliphatic heterocycles. The maximum absolute atomic E-state index is 8.88. The Kier molecular flexibility index (Phi) is 18.2. The molecule has 0 radical (unpaired) electrons. The third-order valence-corrected chi connectivity index (χ3v) is 0. The Morgan fingerprint density at radius 1 is 0.667 bits per heavy atom. The fourth-order valence-electron chi connectivity index (χ4n) is 0. The van der Waals surface area contributed by atoms with Gasteiger partial charge >= 0.3 is 61.8 Å². The first kappa shape index (κ1) is 23.5. The number of rotatable bonds is 0. The van der Waals surface area contributed by atoms with Gasteiger partial charge in [-0.1, -0.05) is 0 Å². The second-order valence-corrected chi connectivity index (χ2v) is 3.08. The van der Waals surface area contributed by atoms with Gasteiger partial charge in [-0.3, -0.25) is 0 Å². The molecule has 0 aliphatic rings. The summed E-state index contributed by atoms with van der Waals surface area (Å²) in [6.45, 7) is 0. The van der Waals surface area contributed by atoms with Gasteiger partial charge in [-0.25, -0.2) is 9.13 Å². The quantitative estimate of drug-likeness (QED) is 0.209. The average Bonchev–Trinajstić information content (AvgIpc) is 1.12. The van der Waals surface area contributed by atoms with Crippen LogP contribution in [0.5, 0.6) is 0 Å². The first-order chi connectivity index (χ1) is 4.00. The maximum atomic E-state index is 8.88. The van der Waals surface area contributed by atoms with Gasteiger partial charge in [-0.05, 0) is 0 Å². The minimum absolute atomic E-state index is 0. The van der Waals surface area contributed by atoms with E-state index in [0.717, 1.165) is 0 Å². The standard InChI is InChI=1S/2Mg.2H3O4P.4H/c;;2*1-5(2,3)4;;;;/h;;2*(H3,1,2,3,4);;;;/q2*+2;;;4*-1. The van der Waals surface area contributed by atoms with E-state index in [9.17, 15) is 0 Å². The normalized spacial score (nSPS) is 9.83. The molecule has 0 amide bonds. The van der Waals surface area contributed by atoms with Crippen LogP contribution < -0.4 is 0 Å². The smallest absolute Gasteiger partial charge is 1.00 e. The van der Waals surface area contributed by atoms with E-state index in [1.807, 2.05) is 0 Å². The van der Waals surface area contributed by atoms with Crippen molar-refractivity contribution in [2.24, 2.45) is 0 Å². The van der Waals surface area contributed by atoms with Crippen molar-refractivity contribution in [3.63, 3.8) is 0 Å². The van der Waals surface area contributed by atoms with Crippen LogP contribution in [-0.4, -0.2) is 75.5 Å². The Bertz CT molecular complexity index is 140. The van der Waals surface area contributed by atoms with Crippen molar-refractivity contribution in [3.05, 3.63) is 0 Å². The molecule has 0 aromatic carbocycles. The Labute approximate surface area is 106 Å². The van der Waals surface area contributed by atoms with Crippen LogP contribution >= 0.6 is 15.6 Å². The summed E-state index contributed by atoms with van der Waals surface area (Å²) in [7, 11) is -9.28. The van der Waals surface area contributed by atoms with Crippen LogP contribution in [0.1, 0.15) is 5.71 Å². The molecule has 0 saturated carbocycles. The van der Waals surface area contributed by atoms with Crippen LogP contribution in [0.15, 0.2) is 0 Å². The molecule has 0 aliphatic carbocycles. The molecule has 8 nitrogen and oxygen atoms in total. The first-order valence-electron chi connectivity index (χ1n) is 1.57. The summed E-state index contributed by atoms with van der Waals surface area (Å²) in [5.41, 5.74) is 0. The molecule has 12 heavy (non-hydrogen) atoms. The van der Waals surface area contributed by atoms with Gasteiger partial charge in [0.1, 0.15) is 0 Å². The predicted octanol–water partition coefficient (Wildman–Crippen LogP) is -2.17. The van der Waals surface area contributed by atoms with E-state index in [4.69, 9.17) is 38.5 Å². The minimum atomic E-state index is -4.64. The van der Waals surface area contributed by atoms with Crippen molar-refractivity contribution in [2.45, 2.75) is 0 Å². The van der Waals surface area contributed by atoms with Crippen molar-refractivity contribution in [1.29, 1.82) is 0 Å². The van der Waals surface area contributed by atoms with Crippen molar-refractivity contribution >= 4 is 61.8 Å². The minimum Gasteiger partial charge on any atom is -1.00 e. The van der Waals surface area contributed by atoms with Gasteiger partial charge in [-0.2, -0.15) is 0 Å². The van der Waals surface area contributed by atoms with E-state index in [-0.39, 0.29) is 51.8 Å². The summed E-state index contributed by atoms with van der Waals surface area (Å²) < 4.78 is 17.8. The number of hydrogen-bond donors (Lipinski definition) is 6. The van der Waals surface area contributed by atoms with E-state index < -0.39 is 15.6 Å². The summed E-state index contributed by atoms with van der Waals surface area (Å²) >= 11 is 0. The summed E-state index contributed by atoms with van der Waals surface area (Å²) in [5, 5.41) is 0. The summed E-state index contributed by atoms with van der Waals surface area (Å²) in [5.74, 6) is 0. The van der Waals surface area contributed by atoms with Crippen molar-refractivity contribution < 1.29 is 44.2 Å². The van der Waals surface area contributed by atoms with Gasteiger partial charge in [0.25, 0.3) is 0 Å². The monoisotopic (exact) mass is 248 g/mol. The van der Waals surface area contributed by atoms with E-state index in [0.29, 0.717) is 0 Å². The average molecular weight is 249 g/mol. The van der Waals surface area contributed by atoms with Crippen LogP contribution in [-0.2, 0) is 9.13 Å². The number of phosphoric acid groups is 2. The molecule has 0 saturated heterocycles. The zero-order valence-electron chi connectivity index (χ0n) is 9.81. The largest absolute Gasteiger partial charge is 2.00 e. The fraction of sp³-hybridized carbons (Fsp3) is 0. The van der Waals surface area contributed by atoms with Gasteiger partial charge in [0.15, 0.2) is 0 Å². The molecule has 0 fully saturated rings. The van der Waals surface area contributed by atoms with E-state index >= 15 is 0 Å². The topological polar surface area (TPSA) is 156 Å². The van der Waals surface area contributed by atoms with Crippen LogP contribution in [0.4, 0.5) is 0 Å². The van der Waals surface area contributed by atoms with E-state index in [2.05, 4.69) is 0 Å². The molecule has 0 atom stereocenters. The van der Waals surface area contributed by atoms with Crippen molar-refractivity contribution in [2.75, 3.05) is 0 Å². The molecule has 0 rings (SSSR count). The van der Waals surface area contributed by atoms with Gasteiger partial charge in [0.05, 0.1) is 0 Å².